The van der Waals surface area contributed by atoms with Crippen LogP contribution in [0.15, 0.2) is 30.3 Å². The summed E-state index contributed by atoms with van der Waals surface area (Å²) < 4.78 is 3.69. The molecule has 0 saturated carbocycles. The molecule has 0 saturated heterocycles. The highest BCUT2D eigenvalue weighted by atomic mass is 16.7. The average molecular weight is 194 g/mol. The van der Waals surface area contributed by atoms with Gasteiger partial charge in [0.25, 0.3) is 5.78 Å². The molecule has 5 heteroatoms. The molecule has 1 aromatic rings. The van der Waals surface area contributed by atoms with Crippen LogP contribution < -0.4 is 0 Å². The highest BCUT2D eigenvalue weighted by molar-refractivity contribution is 6.41. The number of ether oxygens (including phenoxy) is 1. The second kappa shape index (κ2) is 4.18. The van der Waals surface area contributed by atoms with E-state index >= 15 is 0 Å². The van der Waals surface area contributed by atoms with Crippen LogP contribution in [0.4, 0.5) is 4.79 Å². The van der Waals surface area contributed by atoms with Crippen LogP contribution in [0.3, 0.4) is 0 Å². The van der Waals surface area contributed by atoms with Crippen molar-refractivity contribution in [3.63, 3.8) is 0 Å². The number of carbonyl (C=O) groups excluding carboxylic acids is 2. The number of carboxylic acid groups (broad SMARTS) is 1. The van der Waals surface area contributed by atoms with Crippen molar-refractivity contribution >= 4 is 17.9 Å². The minimum absolute atomic E-state index is 0.0961. The van der Waals surface area contributed by atoms with Crippen molar-refractivity contribution in [1.29, 1.82) is 0 Å². The van der Waals surface area contributed by atoms with E-state index in [0.29, 0.717) is 0 Å². The number of Topliss-reactive ketones (excluding diaryl/α,β-unsaturated/α-hetero) is 1. The van der Waals surface area contributed by atoms with Gasteiger partial charge >= 0.3 is 12.1 Å². The van der Waals surface area contributed by atoms with Gasteiger partial charge in [-0.05, 0) is 0 Å². The van der Waals surface area contributed by atoms with Gasteiger partial charge in [-0.1, -0.05) is 30.3 Å². The van der Waals surface area contributed by atoms with Gasteiger partial charge in [0.05, 0.1) is 0 Å². The van der Waals surface area contributed by atoms with Crippen molar-refractivity contribution in [2.45, 2.75) is 0 Å². The topological polar surface area (TPSA) is 80.7 Å². The molecule has 0 bridgehead atoms. The first kappa shape index (κ1) is 9.91. The summed E-state index contributed by atoms with van der Waals surface area (Å²) in [5, 5.41) is 8.08. The molecule has 14 heavy (non-hydrogen) atoms. The molecule has 0 heterocycles. The number of esters is 1. The maximum Gasteiger partial charge on any atom is 0.513 e. The molecule has 0 spiro atoms. The second-order valence-electron chi connectivity index (χ2n) is 2.35. The van der Waals surface area contributed by atoms with E-state index < -0.39 is 17.9 Å². The van der Waals surface area contributed by atoms with Gasteiger partial charge in [0.2, 0.25) is 0 Å². The van der Waals surface area contributed by atoms with E-state index in [9.17, 15) is 14.4 Å². The molecule has 0 unspecified atom stereocenters. The molecule has 0 amide bonds. The molecule has 0 fully saturated rings. The van der Waals surface area contributed by atoms with Gasteiger partial charge in [-0.25, -0.2) is 9.59 Å². The van der Waals surface area contributed by atoms with Gasteiger partial charge in [-0.3, -0.25) is 4.79 Å². The van der Waals surface area contributed by atoms with Gasteiger partial charge in [0, 0.05) is 5.56 Å². The lowest BCUT2D eigenvalue weighted by molar-refractivity contribution is -0.133. The highest BCUT2D eigenvalue weighted by Crippen LogP contribution is 2.01. The molecular formula is C9H6O5. The summed E-state index contributed by atoms with van der Waals surface area (Å²) in [5.41, 5.74) is 0.0961. The van der Waals surface area contributed by atoms with Crippen LogP contribution in [0.25, 0.3) is 0 Å². The van der Waals surface area contributed by atoms with E-state index in [4.69, 9.17) is 5.11 Å². The fraction of sp³-hybridized carbons (Fsp3) is 0. The molecule has 1 aromatic carbocycles. The third-order valence-electron chi connectivity index (χ3n) is 1.40. The van der Waals surface area contributed by atoms with E-state index in [0.717, 1.165) is 0 Å². The number of ketones is 1. The number of hydrogen-bond donors (Lipinski definition) is 1. The van der Waals surface area contributed by atoms with Crippen LogP contribution in [-0.2, 0) is 9.53 Å². The molecule has 1 rings (SSSR count). The molecule has 0 aromatic heterocycles. The summed E-state index contributed by atoms with van der Waals surface area (Å²) >= 11 is 0. The molecule has 5 nitrogen and oxygen atoms in total. The Labute approximate surface area is 78.9 Å². The van der Waals surface area contributed by atoms with Gasteiger partial charge in [-0.15, -0.1) is 0 Å². The van der Waals surface area contributed by atoms with E-state index in [-0.39, 0.29) is 5.56 Å². The highest BCUT2D eigenvalue weighted by Gasteiger charge is 2.20. The standard InChI is InChI=1S/C9H6O5/c10-7(8(11)14-9(12)13)6-4-2-1-3-5-6/h1-5H,(H,12,13). The summed E-state index contributed by atoms with van der Waals surface area (Å²) in [6, 6.07) is 7.57. The van der Waals surface area contributed by atoms with Crippen LogP contribution in [0.1, 0.15) is 10.4 Å². The number of benzene rings is 1. The Hall–Kier alpha value is -2.17. The second-order valence-corrected chi connectivity index (χ2v) is 2.35. The minimum atomic E-state index is -1.79. The first-order valence-corrected chi connectivity index (χ1v) is 3.65. The van der Waals surface area contributed by atoms with Crippen molar-refractivity contribution in [1.82, 2.24) is 0 Å². The van der Waals surface area contributed by atoms with Crippen molar-refractivity contribution in [3.05, 3.63) is 35.9 Å². The summed E-state index contributed by atoms with van der Waals surface area (Å²) in [6.07, 6.45) is -1.79. The lowest BCUT2D eigenvalue weighted by atomic mass is 10.1. The summed E-state index contributed by atoms with van der Waals surface area (Å²) in [6.45, 7) is 0. The molecule has 0 aliphatic rings. The van der Waals surface area contributed by atoms with Crippen LogP contribution in [0.2, 0.25) is 0 Å². The Balaban J connectivity index is 2.76. The molecule has 0 aliphatic heterocycles. The Morgan fingerprint density at radius 3 is 2.14 bits per heavy atom. The Bertz CT molecular complexity index is 368. The molecule has 0 radical (unpaired) electrons. The van der Waals surface area contributed by atoms with Crippen LogP contribution in [0.5, 0.6) is 0 Å². The zero-order valence-electron chi connectivity index (χ0n) is 6.97. The first-order chi connectivity index (χ1) is 6.61. The normalized spacial score (nSPS) is 9.14. The minimum Gasteiger partial charge on any atom is -0.449 e. The predicted octanol–water partition coefficient (Wildman–Crippen LogP) is 1.09. The SMILES string of the molecule is O=C(O)OC(=O)C(=O)c1ccccc1. The van der Waals surface area contributed by atoms with Crippen molar-refractivity contribution in [3.8, 4) is 0 Å². The van der Waals surface area contributed by atoms with Crippen LogP contribution >= 0.6 is 0 Å². The Morgan fingerprint density at radius 1 is 1.07 bits per heavy atom. The number of rotatable bonds is 2. The van der Waals surface area contributed by atoms with E-state index in [1.54, 1.807) is 18.2 Å². The molecule has 0 atom stereocenters. The van der Waals surface area contributed by atoms with Gasteiger partial charge < -0.3 is 9.84 Å². The van der Waals surface area contributed by atoms with E-state index in [1.807, 2.05) is 0 Å². The number of carbonyl (C=O) groups is 3. The summed E-state index contributed by atoms with van der Waals surface area (Å²) in [7, 11) is 0. The molecule has 1 N–H and O–H groups in total. The lowest BCUT2D eigenvalue weighted by Gasteiger charge is -1.97. The maximum absolute atomic E-state index is 11.1. The smallest absolute Gasteiger partial charge is 0.449 e. The van der Waals surface area contributed by atoms with Crippen molar-refractivity contribution < 1.29 is 24.2 Å². The molecule has 0 aliphatic carbocycles. The van der Waals surface area contributed by atoms with E-state index in [1.165, 1.54) is 12.1 Å². The zero-order chi connectivity index (χ0) is 10.6. The third-order valence-corrected chi connectivity index (χ3v) is 1.40. The lowest BCUT2D eigenvalue weighted by Crippen LogP contribution is -2.20. The van der Waals surface area contributed by atoms with Gasteiger partial charge in [0.1, 0.15) is 0 Å². The van der Waals surface area contributed by atoms with Gasteiger partial charge in [-0.2, -0.15) is 0 Å². The van der Waals surface area contributed by atoms with Crippen molar-refractivity contribution in [2.24, 2.45) is 0 Å². The van der Waals surface area contributed by atoms with Crippen LogP contribution in [-0.4, -0.2) is 23.0 Å². The monoisotopic (exact) mass is 194 g/mol. The first-order valence-electron chi connectivity index (χ1n) is 3.65. The summed E-state index contributed by atoms with van der Waals surface area (Å²) in [5.74, 6) is -2.38. The Kier molecular flexibility index (Phi) is 2.96. The maximum atomic E-state index is 11.1. The molecular weight excluding hydrogens is 188 g/mol. The third kappa shape index (κ3) is 2.41. The fourth-order valence-corrected chi connectivity index (χ4v) is 0.833. The largest absolute Gasteiger partial charge is 0.513 e. The number of hydrogen-bond acceptors (Lipinski definition) is 4. The quantitative estimate of drug-likeness (QED) is 0.330. The van der Waals surface area contributed by atoms with Crippen molar-refractivity contribution in [2.75, 3.05) is 0 Å². The fourth-order valence-electron chi connectivity index (χ4n) is 0.833. The van der Waals surface area contributed by atoms with E-state index in [2.05, 4.69) is 4.74 Å². The molecule has 72 valence electrons. The average Bonchev–Trinajstić information content (AvgIpc) is 2.17. The van der Waals surface area contributed by atoms with Crippen LogP contribution in [0, 0.1) is 0 Å². The zero-order valence-corrected chi connectivity index (χ0v) is 6.97. The Morgan fingerprint density at radius 2 is 1.64 bits per heavy atom. The van der Waals surface area contributed by atoms with Gasteiger partial charge in [0.15, 0.2) is 0 Å². The summed E-state index contributed by atoms with van der Waals surface area (Å²) in [4.78, 5) is 31.9. The predicted molar refractivity (Wildman–Crippen MR) is 44.9 cm³/mol.